The monoisotopic (exact) mass is 185 g/mol. The van der Waals surface area contributed by atoms with Crippen molar-refractivity contribution in [2.24, 2.45) is 0 Å². The summed E-state index contributed by atoms with van der Waals surface area (Å²) < 4.78 is 4.72. The van der Waals surface area contributed by atoms with Gasteiger partial charge in [0.2, 0.25) is 0 Å². The molecule has 0 amide bonds. The number of carbonyl (C=O) groups is 1. The first-order valence-corrected chi connectivity index (χ1v) is 4.65. The topological polar surface area (TPSA) is 29.5 Å². The van der Waals surface area contributed by atoms with Gasteiger partial charge in [0.25, 0.3) is 0 Å². The number of carbonyl (C=O) groups excluding carboxylic acids is 1. The molecule has 0 aromatic rings. The van der Waals surface area contributed by atoms with E-state index >= 15 is 0 Å². The molecule has 0 saturated carbocycles. The highest BCUT2D eigenvalue weighted by Gasteiger charge is 2.20. The Hall–Kier alpha value is -0.830. The van der Waals surface area contributed by atoms with Crippen molar-refractivity contribution in [1.82, 2.24) is 4.90 Å². The first-order chi connectivity index (χ1) is 6.21. The van der Waals surface area contributed by atoms with Gasteiger partial charge in [-0.25, -0.2) is 0 Å². The summed E-state index contributed by atoms with van der Waals surface area (Å²) in [6.07, 6.45) is 3.73. The Balaban J connectivity index is 4.47. The molecule has 0 fully saturated rings. The van der Waals surface area contributed by atoms with Gasteiger partial charge in [-0.3, -0.25) is 9.69 Å². The number of rotatable bonds is 5. The van der Waals surface area contributed by atoms with Gasteiger partial charge in [-0.1, -0.05) is 26.0 Å². The molecule has 0 aliphatic heterocycles. The Kier molecular flexibility index (Phi) is 6.24. The van der Waals surface area contributed by atoms with E-state index in [0.717, 1.165) is 13.1 Å². The van der Waals surface area contributed by atoms with Crippen molar-refractivity contribution in [2.45, 2.75) is 26.8 Å². The van der Waals surface area contributed by atoms with Crippen molar-refractivity contribution in [3.05, 3.63) is 12.2 Å². The van der Waals surface area contributed by atoms with E-state index in [1.165, 1.54) is 7.11 Å². The Bertz CT molecular complexity index is 174. The molecular formula is C10H19NO2. The van der Waals surface area contributed by atoms with Gasteiger partial charge in [-0.2, -0.15) is 0 Å². The highest BCUT2D eigenvalue weighted by atomic mass is 16.5. The quantitative estimate of drug-likeness (QED) is 0.479. The number of hydrogen-bond donors (Lipinski definition) is 0. The summed E-state index contributed by atoms with van der Waals surface area (Å²) in [6, 6.07) is -0.231. The van der Waals surface area contributed by atoms with Gasteiger partial charge in [-0.15, -0.1) is 0 Å². The molecule has 0 spiro atoms. The van der Waals surface area contributed by atoms with Crippen LogP contribution in [-0.4, -0.2) is 37.1 Å². The Labute approximate surface area is 80.4 Å². The second-order valence-corrected chi connectivity index (χ2v) is 2.71. The van der Waals surface area contributed by atoms with Gasteiger partial charge in [0.1, 0.15) is 6.04 Å². The van der Waals surface area contributed by atoms with Crippen LogP contribution in [0.5, 0.6) is 0 Å². The molecule has 0 N–H and O–H groups in total. The molecule has 1 unspecified atom stereocenters. The normalized spacial score (nSPS) is 13.6. The first-order valence-electron chi connectivity index (χ1n) is 4.65. The van der Waals surface area contributed by atoms with Crippen LogP contribution in [0.1, 0.15) is 20.8 Å². The minimum Gasteiger partial charge on any atom is -0.468 e. The standard InChI is InChI=1S/C10H19NO2/c1-5-8-9(10(12)13-4)11(6-2)7-3/h5,8-9H,6-7H2,1-4H3. The molecule has 0 aromatic carbocycles. The maximum absolute atomic E-state index is 11.3. The van der Waals surface area contributed by atoms with E-state index in [1.54, 1.807) is 0 Å². The summed E-state index contributed by atoms with van der Waals surface area (Å²) in [5.41, 5.74) is 0. The van der Waals surface area contributed by atoms with Crippen molar-refractivity contribution >= 4 is 5.97 Å². The van der Waals surface area contributed by atoms with Gasteiger partial charge < -0.3 is 4.74 Å². The highest BCUT2D eigenvalue weighted by molar-refractivity contribution is 5.77. The van der Waals surface area contributed by atoms with Crippen LogP contribution in [0.2, 0.25) is 0 Å². The molecule has 0 bridgehead atoms. The van der Waals surface area contributed by atoms with E-state index in [2.05, 4.69) is 0 Å². The smallest absolute Gasteiger partial charge is 0.327 e. The molecule has 3 nitrogen and oxygen atoms in total. The average molecular weight is 185 g/mol. The Morgan fingerprint density at radius 2 is 2.00 bits per heavy atom. The van der Waals surface area contributed by atoms with Crippen LogP contribution in [0.15, 0.2) is 12.2 Å². The number of allylic oxidation sites excluding steroid dienone is 1. The van der Waals surface area contributed by atoms with Crippen LogP contribution in [0.4, 0.5) is 0 Å². The summed E-state index contributed by atoms with van der Waals surface area (Å²) in [5.74, 6) is -0.193. The van der Waals surface area contributed by atoms with Gasteiger partial charge >= 0.3 is 5.97 Å². The molecule has 0 aromatic heterocycles. The zero-order chi connectivity index (χ0) is 10.3. The van der Waals surface area contributed by atoms with Crippen LogP contribution in [0, 0.1) is 0 Å². The lowest BCUT2D eigenvalue weighted by molar-refractivity contribution is -0.144. The van der Waals surface area contributed by atoms with Crippen molar-refractivity contribution in [3.8, 4) is 0 Å². The molecule has 13 heavy (non-hydrogen) atoms. The van der Waals surface area contributed by atoms with Crippen LogP contribution in [-0.2, 0) is 9.53 Å². The molecule has 1 atom stereocenters. The largest absolute Gasteiger partial charge is 0.468 e. The number of likely N-dealkylation sites (N-methyl/N-ethyl adjacent to an activating group) is 1. The number of methoxy groups -OCH3 is 1. The fourth-order valence-electron chi connectivity index (χ4n) is 1.27. The lowest BCUT2D eigenvalue weighted by Gasteiger charge is -2.24. The van der Waals surface area contributed by atoms with E-state index in [4.69, 9.17) is 4.74 Å². The van der Waals surface area contributed by atoms with Crippen molar-refractivity contribution in [3.63, 3.8) is 0 Å². The fraction of sp³-hybridized carbons (Fsp3) is 0.700. The molecule has 0 heterocycles. The zero-order valence-corrected chi connectivity index (χ0v) is 8.91. The molecule has 0 aliphatic carbocycles. The number of hydrogen-bond acceptors (Lipinski definition) is 3. The zero-order valence-electron chi connectivity index (χ0n) is 8.91. The number of ether oxygens (including phenoxy) is 1. The maximum atomic E-state index is 11.3. The predicted octanol–water partition coefficient (Wildman–Crippen LogP) is 1.45. The lowest BCUT2D eigenvalue weighted by atomic mass is 10.2. The fourth-order valence-corrected chi connectivity index (χ4v) is 1.27. The predicted molar refractivity (Wildman–Crippen MR) is 53.5 cm³/mol. The summed E-state index contributed by atoms with van der Waals surface area (Å²) in [5, 5.41) is 0. The van der Waals surface area contributed by atoms with E-state index < -0.39 is 0 Å². The number of esters is 1. The van der Waals surface area contributed by atoms with Crippen LogP contribution < -0.4 is 0 Å². The van der Waals surface area contributed by atoms with E-state index in [9.17, 15) is 4.79 Å². The van der Waals surface area contributed by atoms with E-state index in [-0.39, 0.29) is 12.0 Å². The van der Waals surface area contributed by atoms with Gasteiger partial charge in [0.15, 0.2) is 0 Å². The molecule has 0 aliphatic rings. The third kappa shape index (κ3) is 3.59. The molecule has 76 valence electrons. The number of nitrogens with zero attached hydrogens (tertiary/aromatic N) is 1. The summed E-state index contributed by atoms with van der Waals surface area (Å²) in [7, 11) is 1.42. The Morgan fingerprint density at radius 3 is 2.31 bits per heavy atom. The second-order valence-electron chi connectivity index (χ2n) is 2.71. The van der Waals surface area contributed by atoms with E-state index in [0.29, 0.717) is 0 Å². The molecule has 3 heteroatoms. The van der Waals surface area contributed by atoms with Crippen molar-refractivity contribution < 1.29 is 9.53 Å². The summed E-state index contributed by atoms with van der Waals surface area (Å²) in [6.45, 7) is 7.66. The second kappa shape index (κ2) is 6.66. The van der Waals surface area contributed by atoms with Gasteiger partial charge in [0.05, 0.1) is 7.11 Å². The van der Waals surface area contributed by atoms with Crippen molar-refractivity contribution in [1.29, 1.82) is 0 Å². The Morgan fingerprint density at radius 1 is 1.46 bits per heavy atom. The van der Waals surface area contributed by atoms with Gasteiger partial charge in [0, 0.05) is 0 Å². The third-order valence-electron chi connectivity index (χ3n) is 2.02. The summed E-state index contributed by atoms with van der Waals surface area (Å²) in [4.78, 5) is 13.4. The first kappa shape index (κ1) is 12.2. The van der Waals surface area contributed by atoms with Crippen LogP contribution in [0.25, 0.3) is 0 Å². The molecule has 0 rings (SSSR count). The molecule has 0 radical (unpaired) electrons. The van der Waals surface area contributed by atoms with Crippen LogP contribution in [0.3, 0.4) is 0 Å². The molecular weight excluding hydrogens is 166 g/mol. The van der Waals surface area contributed by atoms with E-state index in [1.807, 2.05) is 37.8 Å². The van der Waals surface area contributed by atoms with Crippen LogP contribution >= 0.6 is 0 Å². The van der Waals surface area contributed by atoms with Gasteiger partial charge in [-0.05, 0) is 20.0 Å². The SMILES string of the molecule is CC=CC(C(=O)OC)N(CC)CC. The third-order valence-corrected chi connectivity index (χ3v) is 2.02. The minimum absolute atomic E-state index is 0.193. The summed E-state index contributed by atoms with van der Waals surface area (Å²) >= 11 is 0. The van der Waals surface area contributed by atoms with Crippen molar-refractivity contribution in [2.75, 3.05) is 20.2 Å². The lowest BCUT2D eigenvalue weighted by Crippen LogP contribution is -2.40. The maximum Gasteiger partial charge on any atom is 0.327 e. The molecule has 0 saturated heterocycles. The minimum atomic E-state index is -0.231. The average Bonchev–Trinajstić information content (AvgIpc) is 2.17. The highest BCUT2D eigenvalue weighted by Crippen LogP contribution is 2.03.